The molecular formula is C16H18N2O2S. The van der Waals surface area contributed by atoms with E-state index < -0.39 is 5.97 Å². The zero-order valence-corrected chi connectivity index (χ0v) is 12.9. The van der Waals surface area contributed by atoms with E-state index >= 15 is 0 Å². The van der Waals surface area contributed by atoms with Crippen molar-refractivity contribution in [3.63, 3.8) is 0 Å². The first-order valence-electron chi connectivity index (χ1n) is 6.76. The lowest BCUT2D eigenvalue weighted by Gasteiger charge is -2.13. The minimum atomic E-state index is -0.902. The van der Waals surface area contributed by atoms with Gasteiger partial charge in [0.05, 0.1) is 11.3 Å². The Morgan fingerprint density at radius 3 is 2.86 bits per heavy atom. The molecule has 21 heavy (non-hydrogen) atoms. The maximum Gasteiger partial charge on any atom is 0.338 e. The molecule has 2 rings (SSSR count). The molecule has 2 aromatic rings. The number of aromatic nitrogens is 1. The van der Waals surface area contributed by atoms with Crippen LogP contribution in [0.3, 0.4) is 0 Å². The largest absolute Gasteiger partial charge is 0.478 e. The van der Waals surface area contributed by atoms with Crippen molar-refractivity contribution in [3.05, 3.63) is 53.3 Å². The number of pyridine rings is 1. The molecule has 1 aromatic carbocycles. The summed E-state index contributed by atoms with van der Waals surface area (Å²) < 4.78 is 0. The summed E-state index contributed by atoms with van der Waals surface area (Å²) in [6.45, 7) is 4.58. The van der Waals surface area contributed by atoms with Crippen LogP contribution in [0.15, 0.2) is 41.6 Å². The smallest absolute Gasteiger partial charge is 0.338 e. The average Bonchev–Trinajstić information content (AvgIpc) is 2.46. The molecule has 0 radical (unpaired) electrons. The summed E-state index contributed by atoms with van der Waals surface area (Å²) in [6, 6.07) is 7.47. The van der Waals surface area contributed by atoms with Crippen LogP contribution in [0, 0.1) is 6.92 Å². The molecule has 0 fully saturated rings. The molecule has 0 saturated carbocycles. The molecule has 0 aliphatic heterocycles. The van der Waals surface area contributed by atoms with Crippen molar-refractivity contribution >= 4 is 23.4 Å². The quantitative estimate of drug-likeness (QED) is 0.794. The van der Waals surface area contributed by atoms with Gasteiger partial charge in [-0.1, -0.05) is 13.0 Å². The molecule has 2 N–H and O–H groups in total. The molecule has 5 heteroatoms. The number of aromatic carboxylic acids is 1. The summed E-state index contributed by atoms with van der Waals surface area (Å²) in [5.41, 5.74) is 3.18. The van der Waals surface area contributed by atoms with Gasteiger partial charge in [0.2, 0.25) is 0 Å². The number of nitrogens with zero attached hydrogens (tertiary/aromatic N) is 1. The van der Waals surface area contributed by atoms with Gasteiger partial charge in [0.25, 0.3) is 0 Å². The van der Waals surface area contributed by atoms with Crippen LogP contribution in [0.5, 0.6) is 0 Å². The molecular weight excluding hydrogens is 284 g/mol. The van der Waals surface area contributed by atoms with Gasteiger partial charge >= 0.3 is 5.97 Å². The van der Waals surface area contributed by atoms with E-state index in [2.05, 4.69) is 10.3 Å². The summed E-state index contributed by atoms with van der Waals surface area (Å²) in [7, 11) is 0. The van der Waals surface area contributed by atoms with E-state index in [4.69, 9.17) is 0 Å². The van der Waals surface area contributed by atoms with Gasteiger partial charge in [-0.25, -0.2) is 4.79 Å². The number of carboxylic acid groups (broad SMARTS) is 1. The summed E-state index contributed by atoms with van der Waals surface area (Å²) in [6.07, 6.45) is 3.55. The Balaban J connectivity index is 2.25. The number of anilines is 1. The first-order valence-corrected chi connectivity index (χ1v) is 7.74. The zero-order valence-electron chi connectivity index (χ0n) is 12.1. The predicted molar refractivity (Wildman–Crippen MR) is 86.1 cm³/mol. The second-order valence-electron chi connectivity index (χ2n) is 4.57. The summed E-state index contributed by atoms with van der Waals surface area (Å²) >= 11 is 1.54. The highest BCUT2D eigenvalue weighted by molar-refractivity contribution is 7.99. The second kappa shape index (κ2) is 7.13. The van der Waals surface area contributed by atoms with Crippen LogP contribution in [0.4, 0.5) is 5.69 Å². The Morgan fingerprint density at radius 2 is 2.19 bits per heavy atom. The third kappa shape index (κ3) is 3.76. The van der Waals surface area contributed by atoms with Crippen molar-refractivity contribution < 1.29 is 9.90 Å². The van der Waals surface area contributed by atoms with Crippen LogP contribution in [0.25, 0.3) is 0 Å². The first kappa shape index (κ1) is 15.4. The molecule has 0 aliphatic rings. The summed E-state index contributed by atoms with van der Waals surface area (Å²) in [5.74, 6) is -0.0618. The van der Waals surface area contributed by atoms with Gasteiger partial charge in [0.15, 0.2) is 0 Å². The standard InChI is InChI=1S/C16H18N2O2S/c1-3-21-14-6-4-5-13(15(14)16(19)20)18-10-12-7-8-17-9-11(12)2/h4-9,18H,3,10H2,1-2H3,(H,19,20). The minimum Gasteiger partial charge on any atom is -0.478 e. The number of benzene rings is 1. The zero-order chi connectivity index (χ0) is 15.2. The van der Waals surface area contributed by atoms with Crippen LogP contribution < -0.4 is 5.32 Å². The fourth-order valence-electron chi connectivity index (χ4n) is 2.07. The van der Waals surface area contributed by atoms with Gasteiger partial charge in [0, 0.05) is 23.8 Å². The van der Waals surface area contributed by atoms with Crippen LogP contribution in [0.1, 0.15) is 28.4 Å². The van der Waals surface area contributed by atoms with Gasteiger partial charge in [0.1, 0.15) is 0 Å². The normalized spacial score (nSPS) is 10.4. The number of carboxylic acids is 1. The van der Waals surface area contributed by atoms with E-state index in [1.54, 1.807) is 18.5 Å². The number of hydrogen-bond acceptors (Lipinski definition) is 4. The molecule has 0 unspecified atom stereocenters. The molecule has 0 bridgehead atoms. The van der Waals surface area contributed by atoms with Crippen molar-refractivity contribution in [2.75, 3.05) is 11.1 Å². The van der Waals surface area contributed by atoms with Crippen molar-refractivity contribution in [2.45, 2.75) is 25.3 Å². The van der Waals surface area contributed by atoms with Gasteiger partial charge in [-0.15, -0.1) is 11.8 Å². The Bertz CT molecular complexity index is 644. The fourth-order valence-corrected chi connectivity index (χ4v) is 2.89. The molecule has 110 valence electrons. The molecule has 1 heterocycles. The Kier molecular flexibility index (Phi) is 5.22. The van der Waals surface area contributed by atoms with Crippen molar-refractivity contribution in [2.24, 2.45) is 0 Å². The molecule has 0 spiro atoms. The van der Waals surface area contributed by atoms with Gasteiger partial charge in [-0.05, 0) is 42.0 Å². The van der Waals surface area contributed by atoms with Crippen molar-refractivity contribution in [3.8, 4) is 0 Å². The highest BCUT2D eigenvalue weighted by Gasteiger charge is 2.15. The number of hydrogen-bond donors (Lipinski definition) is 2. The van der Waals surface area contributed by atoms with Crippen LogP contribution in [-0.4, -0.2) is 21.8 Å². The third-order valence-electron chi connectivity index (χ3n) is 3.15. The van der Waals surface area contributed by atoms with E-state index in [0.29, 0.717) is 17.8 Å². The number of nitrogens with one attached hydrogen (secondary N) is 1. The molecule has 0 saturated heterocycles. The monoisotopic (exact) mass is 302 g/mol. The number of rotatable bonds is 6. The highest BCUT2D eigenvalue weighted by atomic mass is 32.2. The van der Waals surface area contributed by atoms with E-state index in [0.717, 1.165) is 21.8 Å². The molecule has 0 amide bonds. The fraction of sp³-hybridized carbons (Fsp3) is 0.250. The van der Waals surface area contributed by atoms with E-state index in [-0.39, 0.29) is 0 Å². The van der Waals surface area contributed by atoms with Gasteiger partial charge < -0.3 is 10.4 Å². The highest BCUT2D eigenvalue weighted by Crippen LogP contribution is 2.29. The third-order valence-corrected chi connectivity index (χ3v) is 4.09. The molecule has 1 aromatic heterocycles. The Hall–Kier alpha value is -2.01. The number of thioether (sulfide) groups is 1. The van der Waals surface area contributed by atoms with Crippen molar-refractivity contribution in [1.29, 1.82) is 0 Å². The Labute approximate surface area is 128 Å². The number of carbonyl (C=O) groups is 1. The summed E-state index contributed by atoms with van der Waals surface area (Å²) in [5, 5.41) is 12.7. The topological polar surface area (TPSA) is 62.2 Å². The lowest BCUT2D eigenvalue weighted by Crippen LogP contribution is -2.08. The second-order valence-corrected chi connectivity index (χ2v) is 5.88. The van der Waals surface area contributed by atoms with E-state index in [1.807, 2.05) is 32.0 Å². The lowest BCUT2D eigenvalue weighted by atomic mass is 10.1. The predicted octanol–water partition coefficient (Wildman–Crippen LogP) is 3.81. The van der Waals surface area contributed by atoms with Crippen molar-refractivity contribution in [1.82, 2.24) is 4.98 Å². The van der Waals surface area contributed by atoms with Gasteiger partial charge in [-0.2, -0.15) is 0 Å². The number of aryl methyl sites for hydroxylation is 1. The Morgan fingerprint density at radius 1 is 1.38 bits per heavy atom. The van der Waals surface area contributed by atoms with Gasteiger partial charge in [-0.3, -0.25) is 4.98 Å². The molecule has 4 nitrogen and oxygen atoms in total. The molecule has 0 atom stereocenters. The minimum absolute atomic E-state index is 0.344. The maximum absolute atomic E-state index is 11.5. The average molecular weight is 302 g/mol. The van der Waals surface area contributed by atoms with Crippen LogP contribution in [-0.2, 0) is 6.54 Å². The maximum atomic E-state index is 11.5. The van der Waals surface area contributed by atoms with Crippen LogP contribution in [0.2, 0.25) is 0 Å². The molecule has 0 aliphatic carbocycles. The summed E-state index contributed by atoms with van der Waals surface area (Å²) in [4.78, 5) is 16.4. The SMILES string of the molecule is CCSc1cccc(NCc2ccncc2C)c1C(=O)O. The first-order chi connectivity index (χ1) is 10.1. The van der Waals surface area contributed by atoms with E-state index in [9.17, 15) is 9.90 Å². The van der Waals surface area contributed by atoms with E-state index in [1.165, 1.54) is 11.8 Å². The van der Waals surface area contributed by atoms with Crippen LogP contribution >= 0.6 is 11.8 Å². The lowest BCUT2D eigenvalue weighted by molar-refractivity contribution is 0.0694.